The monoisotopic (exact) mass is 346 g/mol. The molecule has 25 heavy (non-hydrogen) atoms. The number of nitrogens with one attached hydrogen (secondary N) is 1. The number of hydrazine groups is 1. The zero-order valence-corrected chi connectivity index (χ0v) is 13.9. The summed E-state index contributed by atoms with van der Waals surface area (Å²) in [4.78, 5) is 12.3. The van der Waals surface area contributed by atoms with Gasteiger partial charge in [-0.1, -0.05) is 24.3 Å². The average Bonchev–Trinajstić information content (AvgIpc) is 2.62. The van der Waals surface area contributed by atoms with Crippen LogP contribution < -0.4 is 16.0 Å². The van der Waals surface area contributed by atoms with E-state index in [1.807, 2.05) is 30.3 Å². The van der Waals surface area contributed by atoms with Crippen molar-refractivity contribution in [2.45, 2.75) is 18.9 Å². The van der Waals surface area contributed by atoms with Crippen molar-refractivity contribution in [3.05, 3.63) is 54.1 Å². The predicted molar refractivity (Wildman–Crippen MR) is 92.1 cm³/mol. The van der Waals surface area contributed by atoms with E-state index in [0.717, 1.165) is 0 Å². The first kappa shape index (κ1) is 18.6. The van der Waals surface area contributed by atoms with Crippen molar-refractivity contribution in [3.63, 3.8) is 0 Å². The van der Waals surface area contributed by atoms with E-state index in [-0.39, 0.29) is 31.1 Å². The molecule has 2 aromatic rings. The maximum absolute atomic E-state index is 12.3. The number of ether oxygens (including phenoxy) is 2. The molecule has 0 aliphatic carbocycles. The van der Waals surface area contributed by atoms with Crippen molar-refractivity contribution < 1.29 is 24.5 Å². The summed E-state index contributed by atoms with van der Waals surface area (Å²) in [6, 6.07) is 13.5. The first-order valence-corrected chi connectivity index (χ1v) is 7.78. The van der Waals surface area contributed by atoms with E-state index in [9.17, 15) is 15.0 Å². The Morgan fingerprint density at radius 3 is 2.48 bits per heavy atom. The van der Waals surface area contributed by atoms with Crippen molar-refractivity contribution in [1.82, 2.24) is 5.43 Å². The molecule has 0 spiro atoms. The Kier molecular flexibility index (Phi) is 6.21. The lowest BCUT2D eigenvalue weighted by Gasteiger charge is -2.26. The van der Waals surface area contributed by atoms with Gasteiger partial charge in [-0.3, -0.25) is 5.84 Å². The highest BCUT2D eigenvalue weighted by Crippen LogP contribution is 2.27. The summed E-state index contributed by atoms with van der Waals surface area (Å²) in [5, 5.41) is 18.9. The lowest BCUT2D eigenvalue weighted by Crippen LogP contribution is -2.55. The third-order valence-corrected chi connectivity index (χ3v) is 3.70. The molecule has 7 heteroatoms. The Labute approximate surface area is 146 Å². The van der Waals surface area contributed by atoms with Gasteiger partial charge in [0, 0.05) is 6.42 Å². The third-order valence-electron chi connectivity index (χ3n) is 3.70. The topological polar surface area (TPSA) is 114 Å². The molecule has 0 saturated carbocycles. The van der Waals surface area contributed by atoms with Gasteiger partial charge in [-0.2, -0.15) is 0 Å². The van der Waals surface area contributed by atoms with Crippen LogP contribution in [-0.4, -0.2) is 34.9 Å². The van der Waals surface area contributed by atoms with Crippen LogP contribution in [0.1, 0.15) is 12.5 Å². The van der Waals surface area contributed by atoms with Gasteiger partial charge in [0.05, 0.1) is 0 Å². The smallest absolute Gasteiger partial charge is 0.327 e. The second kappa shape index (κ2) is 8.36. The molecule has 0 saturated heterocycles. The average molecular weight is 346 g/mol. The van der Waals surface area contributed by atoms with Crippen LogP contribution in [0.4, 0.5) is 0 Å². The van der Waals surface area contributed by atoms with Gasteiger partial charge in [0.2, 0.25) is 0 Å². The minimum absolute atomic E-state index is 0.0752. The number of carbonyl (C=O) groups excluding carboxylic acids is 1. The number of benzene rings is 2. The summed E-state index contributed by atoms with van der Waals surface area (Å²) in [6.45, 7) is 1.89. The van der Waals surface area contributed by atoms with E-state index in [0.29, 0.717) is 11.3 Å². The van der Waals surface area contributed by atoms with E-state index in [1.165, 1.54) is 12.1 Å². The first-order chi connectivity index (χ1) is 11.9. The lowest BCUT2D eigenvalue weighted by molar-refractivity contribution is -0.151. The highest BCUT2D eigenvalue weighted by atomic mass is 16.6. The first-order valence-electron chi connectivity index (χ1n) is 7.78. The molecule has 0 unspecified atom stereocenters. The summed E-state index contributed by atoms with van der Waals surface area (Å²) in [7, 11) is 0. The number of rotatable bonds is 8. The quantitative estimate of drug-likeness (QED) is 0.188. The van der Waals surface area contributed by atoms with Crippen LogP contribution in [0.2, 0.25) is 0 Å². The largest absolute Gasteiger partial charge is 0.504 e. The van der Waals surface area contributed by atoms with Gasteiger partial charge < -0.3 is 19.7 Å². The normalized spacial score (nSPS) is 13.0. The molecule has 5 N–H and O–H groups in total. The summed E-state index contributed by atoms with van der Waals surface area (Å²) in [5.41, 5.74) is 1.89. The maximum atomic E-state index is 12.3. The Morgan fingerprint density at radius 1 is 1.12 bits per heavy atom. The molecule has 0 aliphatic heterocycles. The molecule has 0 bridgehead atoms. The van der Waals surface area contributed by atoms with E-state index >= 15 is 0 Å². The molecule has 0 aliphatic rings. The number of para-hydroxylation sites is 1. The number of esters is 1. The van der Waals surface area contributed by atoms with Crippen molar-refractivity contribution in [2.75, 3.05) is 13.2 Å². The molecule has 0 amide bonds. The number of nitrogens with two attached hydrogens (primary N) is 1. The molecule has 1 atom stereocenters. The summed E-state index contributed by atoms with van der Waals surface area (Å²) < 4.78 is 10.7. The minimum Gasteiger partial charge on any atom is -0.504 e. The van der Waals surface area contributed by atoms with Crippen LogP contribution in [0.15, 0.2) is 48.5 Å². The number of hydrogen-bond donors (Lipinski definition) is 4. The molecule has 2 rings (SSSR count). The van der Waals surface area contributed by atoms with Crippen LogP contribution in [-0.2, 0) is 16.0 Å². The van der Waals surface area contributed by atoms with Gasteiger partial charge in [0.15, 0.2) is 11.5 Å². The van der Waals surface area contributed by atoms with Gasteiger partial charge in [-0.05, 0) is 36.8 Å². The minimum atomic E-state index is -1.18. The highest BCUT2D eigenvalue weighted by molar-refractivity contribution is 5.80. The maximum Gasteiger partial charge on any atom is 0.327 e. The summed E-state index contributed by atoms with van der Waals surface area (Å²) in [6.07, 6.45) is 0.176. The Hall–Kier alpha value is -2.77. The van der Waals surface area contributed by atoms with Gasteiger partial charge in [-0.15, -0.1) is 0 Å². The molecular formula is C18H22N2O5. The van der Waals surface area contributed by atoms with Crippen molar-refractivity contribution in [1.29, 1.82) is 0 Å². The highest BCUT2D eigenvalue weighted by Gasteiger charge is 2.34. The van der Waals surface area contributed by atoms with Crippen molar-refractivity contribution in [3.8, 4) is 17.2 Å². The molecular weight excluding hydrogens is 324 g/mol. The van der Waals surface area contributed by atoms with Crippen LogP contribution in [0.5, 0.6) is 17.2 Å². The van der Waals surface area contributed by atoms with Gasteiger partial charge in [-0.25, -0.2) is 10.2 Å². The fourth-order valence-corrected chi connectivity index (χ4v) is 2.24. The predicted octanol–water partition coefficient (Wildman–Crippen LogP) is 1.48. The molecule has 134 valence electrons. The van der Waals surface area contributed by atoms with E-state index < -0.39 is 11.5 Å². The zero-order valence-electron chi connectivity index (χ0n) is 13.9. The molecule has 0 fully saturated rings. The summed E-state index contributed by atoms with van der Waals surface area (Å²) in [5.74, 6) is 5.18. The Morgan fingerprint density at radius 2 is 1.84 bits per heavy atom. The summed E-state index contributed by atoms with van der Waals surface area (Å²) >= 11 is 0. The number of carbonyl (C=O) groups is 1. The van der Waals surface area contributed by atoms with Crippen molar-refractivity contribution in [2.24, 2.45) is 5.84 Å². The van der Waals surface area contributed by atoms with Gasteiger partial charge in [0.25, 0.3) is 0 Å². The SMILES string of the molecule is C[C@@](Cc1ccc(O)c(O)c1)(NN)C(=O)OCCOc1ccccc1. The molecule has 0 radical (unpaired) electrons. The fraction of sp³-hybridized carbons (Fsp3) is 0.278. The van der Waals surface area contributed by atoms with Crippen LogP contribution in [0.25, 0.3) is 0 Å². The number of aromatic hydroxyl groups is 2. The standard InChI is InChI=1S/C18H22N2O5/c1-18(20-19,12-13-7-8-15(21)16(22)11-13)17(23)25-10-9-24-14-5-3-2-4-6-14/h2-8,11,20-22H,9-10,12,19H2,1H3/t18-/m0/s1. The fourth-order valence-electron chi connectivity index (χ4n) is 2.24. The van der Waals surface area contributed by atoms with Crippen molar-refractivity contribution >= 4 is 5.97 Å². The molecule has 0 heterocycles. The Balaban J connectivity index is 1.88. The van der Waals surface area contributed by atoms with Crippen LogP contribution in [0.3, 0.4) is 0 Å². The second-order valence-electron chi connectivity index (χ2n) is 5.77. The van der Waals surface area contributed by atoms with E-state index in [1.54, 1.807) is 13.0 Å². The van der Waals surface area contributed by atoms with Gasteiger partial charge >= 0.3 is 5.97 Å². The number of phenols is 2. The van der Waals surface area contributed by atoms with Crippen LogP contribution >= 0.6 is 0 Å². The molecule has 7 nitrogen and oxygen atoms in total. The lowest BCUT2D eigenvalue weighted by atomic mass is 9.93. The van der Waals surface area contributed by atoms with Gasteiger partial charge in [0.1, 0.15) is 24.5 Å². The van der Waals surface area contributed by atoms with Crippen LogP contribution in [0, 0.1) is 0 Å². The van der Waals surface area contributed by atoms with E-state index in [2.05, 4.69) is 5.43 Å². The number of hydrogen-bond acceptors (Lipinski definition) is 7. The Bertz CT molecular complexity index is 708. The van der Waals surface area contributed by atoms with E-state index in [4.69, 9.17) is 15.3 Å². The third kappa shape index (κ3) is 5.10. The zero-order chi connectivity index (χ0) is 18.3. The molecule has 0 aromatic heterocycles. The molecule has 2 aromatic carbocycles. The number of phenolic OH excluding ortho intramolecular Hbond substituents is 2. The second-order valence-corrected chi connectivity index (χ2v) is 5.77.